The monoisotopic (exact) mass is 219 g/mol. The van der Waals surface area contributed by atoms with Gasteiger partial charge in [-0.05, 0) is 43.3 Å². The van der Waals surface area contributed by atoms with Gasteiger partial charge >= 0.3 is 7.12 Å². The number of nitrogens with one attached hydrogen (secondary N) is 1. The number of rotatable bonds is 2. The molecule has 2 rings (SSSR count). The Morgan fingerprint density at radius 2 is 2.19 bits per heavy atom. The highest BCUT2D eigenvalue weighted by Gasteiger charge is 2.23. The van der Waals surface area contributed by atoms with Crippen LogP contribution < -0.4 is 10.8 Å². The Morgan fingerprint density at radius 1 is 1.38 bits per heavy atom. The van der Waals surface area contributed by atoms with E-state index in [1.165, 1.54) is 5.56 Å². The lowest BCUT2D eigenvalue weighted by molar-refractivity contribution is 0.422. The average molecular weight is 219 g/mol. The molecule has 86 valence electrons. The van der Waals surface area contributed by atoms with Crippen molar-refractivity contribution in [1.82, 2.24) is 5.32 Å². The summed E-state index contributed by atoms with van der Waals surface area (Å²) in [4.78, 5) is 0. The van der Waals surface area contributed by atoms with Gasteiger partial charge < -0.3 is 15.4 Å². The topological polar surface area (TPSA) is 52.5 Å². The minimum Gasteiger partial charge on any atom is -0.423 e. The molecule has 0 aromatic heterocycles. The highest BCUT2D eigenvalue weighted by Crippen LogP contribution is 2.22. The van der Waals surface area contributed by atoms with E-state index in [0.717, 1.165) is 31.5 Å². The molecular formula is C12H18BNO2. The predicted octanol–water partition coefficient (Wildman–Crippen LogP) is 0.142. The molecule has 0 saturated carbocycles. The minimum absolute atomic E-state index is 0.408. The van der Waals surface area contributed by atoms with Crippen LogP contribution in [0.15, 0.2) is 18.2 Å². The largest absolute Gasteiger partial charge is 0.488 e. The third kappa shape index (κ3) is 2.46. The first-order valence-electron chi connectivity index (χ1n) is 5.86. The predicted molar refractivity (Wildman–Crippen MR) is 65.8 cm³/mol. The molecule has 1 saturated heterocycles. The van der Waals surface area contributed by atoms with Gasteiger partial charge in [-0.3, -0.25) is 0 Å². The van der Waals surface area contributed by atoms with Crippen LogP contribution in [0.25, 0.3) is 0 Å². The maximum Gasteiger partial charge on any atom is 0.488 e. The Labute approximate surface area is 96.6 Å². The molecule has 1 aromatic carbocycles. The van der Waals surface area contributed by atoms with E-state index in [2.05, 4.69) is 11.4 Å². The second kappa shape index (κ2) is 5.00. The van der Waals surface area contributed by atoms with Crippen LogP contribution in [0.2, 0.25) is 0 Å². The van der Waals surface area contributed by atoms with E-state index >= 15 is 0 Å². The van der Waals surface area contributed by atoms with Crippen molar-refractivity contribution in [2.45, 2.75) is 25.7 Å². The molecule has 1 aliphatic heterocycles. The van der Waals surface area contributed by atoms with Gasteiger partial charge in [0, 0.05) is 6.54 Å². The molecule has 3 N–H and O–H groups in total. The highest BCUT2D eigenvalue weighted by molar-refractivity contribution is 6.59. The molecule has 0 aliphatic carbocycles. The van der Waals surface area contributed by atoms with Crippen LogP contribution in [0, 0.1) is 6.92 Å². The highest BCUT2D eigenvalue weighted by atomic mass is 16.4. The fourth-order valence-electron chi connectivity index (χ4n) is 2.40. The second-order valence-electron chi connectivity index (χ2n) is 4.55. The van der Waals surface area contributed by atoms with Crippen LogP contribution in [-0.2, 0) is 0 Å². The minimum atomic E-state index is -1.36. The first-order chi connectivity index (χ1) is 7.68. The molecule has 16 heavy (non-hydrogen) atoms. The van der Waals surface area contributed by atoms with E-state index in [-0.39, 0.29) is 0 Å². The van der Waals surface area contributed by atoms with Crippen molar-refractivity contribution in [1.29, 1.82) is 0 Å². The standard InChI is InChI=1S/C12H18BNO2/c1-9-4-5-12(13(15)16)11(7-9)10-3-2-6-14-8-10/h4-5,7,10,14-16H,2-3,6,8H2,1H3. The van der Waals surface area contributed by atoms with Gasteiger partial charge in [-0.15, -0.1) is 0 Å². The van der Waals surface area contributed by atoms with Crippen molar-refractivity contribution in [3.8, 4) is 0 Å². The van der Waals surface area contributed by atoms with Gasteiger partial charge in [0.05, 0.1) is 0 Å². The van der Waals surface area contributed by atoms with Crippen LogP contribution in [0.4, 0.5) is 0 Å². The summed E-state index contributed by atoms with van der Waals surface area (Å²) in [5.41, 5.74) is 2.91. The smallest absolute Gasteiger partial charge is 0.423 e. The van der Waals surface area contributed by atoms with Crippen molar-refractivity contribution in [3.05, 3.63) is 29.3 Å². The first kappa shape index (κ1) is 11.6. The van der Waals surface area contributed by atoms with E-state index in [9.17, 15) is 10.0 Å². The average Bonchev–Trinajstić information content (AvgIpc) is 2.29. The zero-order chi connectivity index (χ0) is 11.5. The molecule has 0 radical (unpaired) electrons. The van der Waals surface area contributed by atoms with Crippen molar-refractivity contribution in [3.63, 3.8) is 0 Å². The Morgan fingerprint density at radius 3 is 2.81 bits per heavy atom. The Kier molecular flexibility index (Phi) is 3.64. The van der Waals surface area contributed by atoms with E-state index in [1.54, 1.807) is 0 Å². The summed E-state index contributed by atoms with van der Waals surface area (Å²) in [6, 6.07) is 5.82. The molecule has 0 spiro atoms. The van der Waals surface area contributed by atoms with Gasteiger partial charge in [0.25, 0.3) is 0 Å². The molecule has 4 heteroatoms. The summed E-state index contributed by atoms with van der Waals surface area (Å²) in [5, 5.41) is 22.1. The summed E-state index contributed by atoms with van der Waals surface area (Å²) < 4.78 is 0. The molecule has 3 nitrogen and oxygen atoms in total. The van der Waals surface area contributed by atoms with Crippen LogP contribution >= 0.6 is 0 Å². The Bertz CT molecular complexity index is 362. The lowest BCUT2D eigenvalue weighted by Crippen LogP contribution is -2.37. The molecular weight excluding hydrogens is 201 g/mol. The van der Waals surface area contributed by atoms with Gasteiger partial charge in [-0.25, -0.2) is 0 Å². The molecule has 1 aliphatic rings. The number of hydrogen-bond donors (Lipinski definition) is 3. The second-order valence-corrected chi connectivity index (χ2v) is 4.55. The summed E-state index contributed by atoms with van der Waals surface area (Å²) in [5.74, 6) is 0.408. The van der Waals surface area contributed by atoms with Gasteiger partial charge in [0.1, 0.15) is 0 Å². The maximum absolute atomic E-state index is 9.36. The normalized spacial score (nSPS) is 20.8. The van der Waals surface area contributed by atoms with Crippen molar-refractivity contribution in [2.75, 3.05) is 13.1 Å². The molecule has 1 atom stereocenters. The lowest BCUT2D eigenvalue weighted by Gasteiger charge is -2.25. The Hall–Kier alpha value is -0.835. The summed E-state index contributed by atoms with van der Waals surface area (Å²) in [6.45, 7) is 4.04. The van der Waals surface area contributed by atoms with Crippen LogP contribution in [0.5, 0.6) is 0 Å². The zero-order valence-electron chi connectivity index (χ0n) is 9.61. The Balaban J connectivity index is 2.32. The van der Waals surface area contributed by atoms with E-state index in [4.69, 9.17) is 0 Å². The number of hydrogen-bond acceptors (Lipinski definition) is 3. The van der Waals surface area contributed by atoms with Gasteiger partial charge in [0.2, 0.25) is 0 Å². The molecule has 1 fully saturated rings. The number of benzene rings is 1. The third-order valence-electron chi connectivity index (χ3n) is 3.26. The SMILES string of the molecule is Cc1ccc(B(O)O)c(C2CCCNC2)c1. The maximum atomic E-state index is 9.36. The molecule has 1 aromatic rings. The lowest BCUT2D eigenvalue weighted by atomic mass is 9.72. The van der Waals surface area contributed by atoms with Crippen LogP contribution in [-0.4, -0.2) is 30.3 Å². The molecule has 1 heterocycles. The van der Waals surface area contributed by atoms with Gasteiger partial charge in [-0.2, -0.15) is 0 Å². The fourth-order valence-corrected chi connectivity index (χ4v) is 2.40. The number of piperidine rings is 1. The van der Waals surface area contributed by atoms with E-state index in [1.807, 2.05) is 19.1 Å². The zero-order valence-corrected chi connectivity index (χ0v) is 9.61. The molecule has 1 unspecified atom stereocenters. The van der Waals surface area contributed by atoms with Gasteiger partial charge in [0.15, 0.2) is 0 Å². The number of aryl methyl sites for hydroxylation is 1. The molecule has 0 bridgehead atoms. The van der Waals surface area contributed by atoms with Crippen LogP contribution in [0.1, 0.15) is 29.9 Å². The van der Waals surface area contributed by atoms with E-state index < -0.39 is 7.12 Å². The van der Waals surface area contributed by atoms with Crippen molar-refractivity contribution >= 4 is 12.6 Å². The fraction of sp³-hybridized carbons (Fsp3) is 0.500. The van der Waals surface area contributed by atoms with Gasteiger partial charge in [-0.1, -0.05) is 23.8 Å². The van der Waals surface area contributed by atoms with Crippen LogP contribution in [0.3, 0.4) is 0 Å². The van der Waals surface area contributed by atoms with E-state index in [0.29, 0.717) is 11.4 Å². The summed E-state index contributed by atoms with van der Waals surface area (Å²) >= 11 is 0. The summed E-state index contributed by atoms with van der Waals surface area (Å²) in [6.07, 6.45) is 2.27. The van der Waals surface area contributed by atoms with Crippen molar-refractivity contribution < 1.29 is 10.0 Å². The molecule has 0 amide bonds. The quantitative estimate of drug-likeness (QED) is 0.620. The van der Waals surface area contributed by atoms with Crippen molar-refractivity contribution in [2.24, 2.45) is 0 Å². The first-order valence-corrected chi connectivity index (χ1v) is 5.86. The summed E-state index contributed by atoms with van der Waals surface area (Å²) in [7, 11) is -1.36. The third-order valence-corrected chi connectivity index (χ3v) is 3.26.